The first-order valence-electron chi connectivity index (χ1n) is 25.4. The van der Waals surface area contributed by atoms with Gasteiger partial charge in [0.2, 0.25) is 0 Å². The Hall–Kier alpha value is -7.50. The minimum Gasteiger partial charge on any atom is -0.534 e. The van der Waals surface area contributed by atoms with Gasteiger partial charge in [-0.2, -0.15) is 0 Å². The molecule has 0 amide bonds. The molecule has 372 valence electrons. The molecule has 0 saturated carbocycles. The third kappa shape index (κ3) is 11.5. The molecule has 74 heavy (non-hydrogen) atoms. The van der Waals surface area contributed by atoms with Crippen LogP contribution in [0, 0.1) is 0 Å². The van der Waals surface area contributed by atoms with Gasteiger partial charge in [-0.3, -0.25) is 4.79 Å². The van der Waals surface area contributed by atoms with Crippen molar-refractivity contribution in [1.29, 1.82) is 0 Å². The van der Waals surface area contributed by atoms with E-state index in [0.29, 0.717) is 24.6 Å². The van der Waals surface area contributed by atoms with E-state index in [-0.39, 0.29) is 10.1 Å². The Morgan fingerprint density at radius 1 is 0.446 bits per heavy atom. The van der Waals surface area contributed by atoms with E-state index in [0.717, 1.165) is 56.4 Å². The largest absolute Gasteiger partial charge is 0.534 e. The Kier molecular flexibility index (Phi) is 15.8. The molecule has 9 rings (SSSR count). The van der Waals surface area contributed by atoms with E-state index in [1.165, 1.54) is 32.1 Å². The van der Waals surface area contributed by atoms with Crippen molar-refractivity contribution in [1.82, 2.24) is 0 Å². The molecule has 0 radical (unpaired) electrons. The lowest BCUT2D eigenvalue weighted by Crippen LogP contribution is -2.68. The Balaban J connectivity index is 1.07. The number of anilines is 1. The van der Waals surface area contributed by atoms with Crippen LogP contribution in [-0.2, 0) is 19.7 Å². The normalized spacial score (nSPS) is 12.1. The second-order valence-corrected chi connectivity index (χ2v) is 30.5. The lowest BCUT2D eigenvalue weighted by molar-refractivity contribution is 0.112. The molecule has 0 unspecified atom stereocenters. The van der Waals surface area contributed by atoms with E-state index < -0.39 is 16.6 Å². The molecule has 0 aliphatic heterocycles. The van der Waals surface area contributed by atoms with Gasteiger partial charge in [0.15, 0.2) is 6.29 Å². The SMILES string of the molecule is CC(C)(C)[Si](Oc1ccc(CN(Cc2ccc(O[Si](c3ccccc3)(c3ccccc3)C(C)(C)C)cc2)c2ccc(/C=C/c3ccc(C=O)s3)c(OCc3ccccc3)c2)cc1)(c1ccccc1)c1ccccc1. The number of benzene rings is 8. The summed E-state index contributed by atoms with van der Waals surface area (Å²) in [5.41, 5.74) is 5.33. The molecule has 0 aliphatic carbocycles. The van der Waals surface area contributed by atoms with E-state index >= 15 is 0 Å². The number of thiophene rings is 1. The molecule has 0 N–H and O–H groups in total. The Bertz CT molecular complexity index is 3020. The number of rotatable bonds is 19. The molecule has 0 saturated heterocycles. The molecule has 1 heterocycles. The molecule has 8 heteroatoms. The molecule has 8 aromatic carbocycles. The lowest BCUT2D eigenvalue weighted by Gasteiger charge is -2.43. The third-order valence-electron chi connectivity index (χ3n) is 13.8. The fourth-order valence-corrected chi connectivity index (χ4v) is 19.6. The summed E-state index contributed by atoms with van der Waals surface area (Å²) in [7, 11) is -5.68. The highest BCUT2D eigenvalue weighted by molar-refractivity contribution is 7.14. The molecule has 0 aliphatic rings. The highest BCUT2D eigenvalue weighted by Gasteiger charge is 2.53. The highest BCUT2D eigenvalue weighted by atomic mass is 32.1. The number of carbonyl (C=O) groups excluding carboxylic acids is 1. The summed E-state index contributed by atoms with van der Waals surface area (Å²) in [6.07, 6.45) is 5.02. The summed E-state index contributed by atoms with van der Waals surface area (Å²) in [5.74, 6) is 2.47. The number of hydrogen-bond donors (Lipinski definition) is 0. The monoisotopic (exact) mass is 1020 g/mol. The first kappa shape index (κ1) is 51.4. The molecule has 0 atom stereocenters. The van der Waals surface area contributed by atoms with Gasteiger partial charge in [0.05, 0.1) is 4.88 Å². The van der Waals surface area contributed by atoms with Crippen molar-refractivity contribution in [3.05, 3.63) is 263 Å². The molecule has 0 fully saturated rings. The standard InChI is InChI=1S/C66H65NO4SSi2/c1-65(2,3)73(60-24-14-8-15-25-60,61-26-16-9-17-27-61)70-56-39-32-51(33-40-56)47-67(55-38-36-54(37-43-58-44-45-59(49-68)72-58)64(46-55)69-50-53-22-12-7-13-23-53)48-52-34-41-57(42-35-52)71-74(66(4,5)6,62-28-18-10-19-29-62)63-30-20-11-21-31-63/h7-46,49H,47-48,50H2,1-6H3/b43-37+. The van der Waals surface area contributed by atoms with Gasteiger partial charge in [0.1, 0.15) is 23.9 Å². The van der Waals surface area contributed by atoms with Crippen molar-refractivity contribution in [2.45, 2.75) is 71.3 Å². The predicted molar refractivity (Wildman–Crippen MR) is 315 cm³/mol. The van der Waals surface area contributed by atoms with Crippen molar-refractivity contribution in [3.8, 4) is 17.2 Å². The zero-order valence-electron chi connectivity index (χ0n) is 43.3. The topological polar surface area (TPSA) is 48.0 Å². The zero-order valence-corrected chi connectivity index (χ0v) is 46.1. The first-order valence-corrected chi connectivity index (χ1v) is 30.0. The second kappa shape index (κ2) is 22.7. The van der Waals surface area contributed by atoms with Gasteiger partial charge in [-0.1, -0.05) is 217 Å². The zero-order chi connectivity index (χ0) is 51.6. The summed E-state index contributed by atoms with van der Waals surface area (Å²) in [6, 6.07) is 81.1. The second-order valence-electron chi connectivity index (χ2n) is 20.9. The molecule has 9 aromatic rings. The maximum absolute atomic E-state index is 11.5. The number of nitrogens with zero attached hydrogens (tertiary/aromatic N) is 1. The predicted octanol–water partition coefficient (Wildman–Crippen LogP) is 14.4. The smallest absolute Gasteiger partial charge is 0.319 e. The maximum atomic E-state index is 11.5. The van der Waals surface area contributed by atoms with Crippen LogP contribution in [-0.4, -0.2) is 22.9 Å². The van der Waals surface area contributed by atoms with Crippen LogP contribution in [0.25, 0.3) is 12.2 Å². The van der Waals surface area contributed by atoms with Crippen molar-refractivity contribution in [3.63, 3.8) is 0 Å². The Labute approximate surface area is 444 Å². The van der Waals surface area contributed by atoms with Crippen LogP contribution in [0.4, 0.5) is 5.69 Å². The fraction of sp³-hybridized carbons (Fsp3) is 0.167. The highest BCUT2D eigenvalue weighted by Crippen LogP contribution is 2.40. The molecular formula is C66H65NO4SSi2. The van der Waals surface area contributed by atoms with Gasteiger partial charge < -0.3 is 18.5 Å². The summed E-state index contributed by atoms with van der Waals surface area (Å²) < 4.78 is 21.6. The molecule has 0 spiro atoms. The van der Waals surface area contributed by atoms with Gasteiger partial charge in [0.25, 0.3) is 0 Å². The van der Waals surface area contributed by atoms with Crippen LogP contribution >= 0.6 is 11.3 Å². The van der Waals surface area contributed by atoms with Gasteiger partial charge in [-0.05, 0) is 108 Å². The molecule has 1 aromatic heterocycles. The Morgan fingerprint density at radius 2 is 0.851 bits per heavy atom. The van der Waals surface area contributed by atoms with Crippen LogP contribution in [0.1, 0.15) is 78.3 Å². The van der Waals surface area contributed by atoms with E-state index in [2.05, 4.69) is 253 Å². The Morgan fingerprint density at radius 3 is 1.24 bits per heavy atom. The number of hydrogen-bond acceptors (Lipinski definition) is 6. The number of ether oxygens (including phenoxy) is 1. The van der Waals surface area contributed by atoms with Crippen molar-refractivity contribution in [2.24, 2.45) is 0 Å². The summed E-state index contributed by atoms with van der Waals surface area (Å²) in [6.45, 7) is 15.5. The third-order valence-corrected chi connectivity index (χ3v) is 24.6. The van der Waals surface area contributed by atoms with Crippen molar-refractivity contribution < 1.29 is 18.4 Å². The van der Waals surface area contributed by atoms with E-state index in [1.54, 1.807) is 0 Å². The van der Waals surface area contributed by atoms with Crippen molar-refractivity contribution in [2.75, 3.05) is 4.90 Å². The lowest BCUT2D eigenvalue weighted by atomic mass is 10.1. The quantitative estimate of drug-likeness (QED) is 0.0597. The van der Waals surface area contributed by atoms with E-state index in [1.807, 2.05) is 36.4 Å². The average molecular weight is 1020 g/mol. The summed E-state index contributed by atoms with van der Waals surface area (Å²) in [5, 5.41) is 4.61. The van der Waals surface area contributed by atoms with Crippen LogP contribution in [0.15, 0.2) is 231 Å². The average Bonchev–Trinajstić information content (AvgIpc) is 3.90. The van der Waals surface area contributed by atoms with Crippen molar-refractivity contribution >= 4 is 72.8 Å². The minimum absolute atomic E-state index is 0.171. The summed E-state index contributed by atoms with van der Waals surface area (Å²) >= 11 is 1.47. The fourth-order valence-electron chi connectivity index (χ4n) is 10.1. The molecule has 0 bridgehead atoms. The van der Waals surface area contributed by atoms with Gasteiger partial charge in [0, 0.05) is 35.3 Å². The van der Waals surface area contributed by atoms with Crippen LogP contribution < -0.4 is 39.2 Å². The maximum Gasteiger partial charge on any atom is 0.319 e. The van der Waals surface area contributed by atoms with E-state index in [9.17, 15) is 4.79 Å². The van der Waals surface area contributed by atoms with Gasteiger partial charge in [-0.25, -0.2) is 0 Å². The molecular weight excluding hydrogens is 959 g/mol. The van der Waals surface area contributed by atoms with Gasteiger partial charge >= 0.3 is 16.6 Å². The van der Waals surface area contributed by atoms with Crippen LogP contribution in [0.3, 0.4) is 0 Å². The minimum atomic E-state index is -2.84. The summed E-state index contributed by atoms with van der Waals surface area (Å²) in [4.78, 5) is 15.6. The molecule has 5 nitrogen and oxygen atoms in total. The number of aldehydes is 1. The number of carbonyl (C=O) groups is 1. The van der Waals surface area contributed by atoms with Crippen LogP contribution in [0.5, 0.6) is 17.2 Å². The van der Waals surface area contributed by atoms with Gasteiger partial charge in [-0.15, -0.1) is 11.3 Å². The van der Waals surface area contributed by atoms with Crippen LogP contribution in [0.2, 0.25) is 10.1 Å². The van der Waals surface area contributed by atoms with E-state index in [4.69, 9.17) is 13.6 Å². The first-order chi connectivity index (χ1) is 35.8.